The number of hydrogen-bond acceptors (Lipinski definition) is 4. The maximum atomic E-state index is 12.8. The summed E-state index contributed by atoms with van der Waals surface area (Å²) in [5.74, 6) is -0.673. The quantitative estimate of drug-likeness (QED) is 0.736. The molecule has 0 atom stereocenters. The number of halogens is 5. The minimum absolute atomic E-state index is 0.0137. The summed E-state index contributed by atoms with van der Waals surface area (Å²) in [6.07, 6.45) is -3.32. The molecule has 0 spiro atoms. The van der Waals surface area contributed by atoms with Crippen LogP contribution in [-0.2, 0) is 10.9 Å². The van der Waals surface area contributed by atoms with Gasteiger partial charge in [-0.15, -0.1) is 0 Å². The van der Waals surface area contributed by atoms with E-state index in [4.69, 9.17) is 32.7 Å². The SMILES string of the molecule is CCOC(=O)c1nn(-c2c(Cl)cc(C(F)(F)F)cc2Cl)cc1OC. The molecule has 0 aliphatic heterocycles. The van der Waals surface area contributed by atoms with Crippen molar-refractivity contribution in [2.75, 3.05) is 13.7 Å². The number of carbonyl (C=O) groups is 1. The Morgan fingerprint density at radius 2 is 1.88 bits per heavy atom. The van der Waals surface area contributed by atoms with Crippen LogP contribution in [0.25, 0.3) is 5.69 Å². The van der Waals surface area contributed by atoms with Crippen LogP contribution in [0.4, 0.5) is 13.2 Å². The molecule has 5 nitrogen and oxygen atoms in total. The number of esters is 1. The first-order valence-electron chi connectivity index (χ1n) is 6.56. The largest absolute Gasteiger partial charge is 0.493 e. The molecule has 24 heavy (non-hydrogen) atoms. The molecule has 0 N–H and O–H groups in total. The van der Waals surface area contributed by atoms with Gasteiger partial charge < -0.3 is 9.47 Å². The summed E-state index contributed by atoms with van der Waals surface area (Å²) in [4.78, 5) is 11.8. The van der Waals surface area contributed by atoms with Crippen LogP contribution in [0.5, 0.6) is 5.75 Å². The predicted octanol–water partition coefficient (Wildman–Crippen LogP) is 4.38. The summed E-state index contributed by atoms with van der Waals surface area (Å²) >= 11 is 11.8. The van der Waals surface area contributed by atoms with Crippen LogP contribution < -0.4 is 4.74 Å². The third-order valence-electron chi connectivity index (χ3n) is 2.94. The molecule has 0 saturated carbocycles. The van der Waals surface area contributed by atoms with Gasteiger partial charge in [0.2, 0.25) is 5.69 Å². The van der Waals surface area contributed by atoms with E-state index in [1.54, 1.807) is 6.92 Å². The highest BCUT2D eigenvalue weighted by atomic mass is 35.5. The zero-order valence-electron chi connectivity index (χ0n) is 12.4. The number of benzene rings is 1. The normalized spacial score (nSPS) is 11.5. The van der Waals surface area contributed by atoms with Crippen molar-refractivity contribution in [2.24, 2.45) is 0 Å². The lowest BCUT2D eigenvalue weighted by atomic mass is 10.2. The van der Waals surface area contributed by atoms with Crippen LogP contribution in [0.15, 0.2) is 18.3 Å². The fourth-order valence-corrected chi connectivity index (χ4v) is 2.57. The van der Waals surface area contributed by atoms with Gasteiger partial charge in [0.15, 0.2) is 5.75 Å². The van der Waals surface area contributed by atoms with Crippen LogP contribution in [0.2, 0.25) is 10.0 Å². The van der Waals surface area contributed by atoms with Crippen LogP contribution >= 0.6 is 23.2 Å². The number of alkyl halides is 3. The van der Waals surface area contributed by atoms with Crippen molar-refractivity contribution in [3.05, 3.63) is 39.6 Å². The molecule has 0 aliphatic rings. The van der Waals surface area contributed by atoms with Gasteiger partial charge in [0.25, 0.3) is 0 Å². The number of nitrogens with zero attached hydrogens (tertiary/aromatic N) is 2. The van der Waals surface area contributed by atoms with Crippen molar-refractivity contribution in [2.45, 2.75) is 13.1 Å². The molecule has 1 heterocycles. The summed E-state index contributed by atoms with van der Waals surface area (Å²) in [6, 6.07) is 1.45. The molecule has 0 aliphatic carbocycles. The highest BCUT2D eigenvalue weighted by Crippen LogP contribution is 2.38. The molecule has 2 rings (SSSR count). The fraction of sp³-hybridized carbons (Fsp3) is 0.286. The number of ether oxygens (including phenoxy) is 2. The number of hydrogen-bond donors (Lipinski definition) is 0. The van der Waals surface area contributed by atoms with E-state index in [0.29, 0.717) is 0 Å². The van der Waals surface area contributed by atoms with Crippen molar-refractivity contribution in [1.29, 1.82) is 0 Å². The van der Waals surface area contributed by atoms with E-state index in [0.717, 1.165) is 16.8 Å². The van der Waals surface area contributed by atoms with Gasteiger partial charge in [-0.1, -0.05) is 23.2 Å². The van der Waals surface area contributed by atoms with Gasteiger partial charge in [0.1, 0.15) is 5.69 Å². The van der Waals surface area contributed by atoms with Gasteiger partial charge in [-0.05, 0) is 19.1 Å². The lowest BCUT2D eigenvalue weighted by Crippen LogP contribution is -2.09. The maximum absolute atomic E-state index is 12.8. The molecule has 10 heteroatoms. The number of carbonyl (C=O) groups excluding carboxylic acids is 1. The van der Waals surface area contributed by atoms with E-state index in [1.165, 1.54) is 13.3 Å². The maximum Gasteiger partial charge on any atom is 0.416 e. The molecule has 0 amide bonds. The summed E-state index contributed by atoms with van der Waals surface area (Å²) in [7, 11) is 1.31. The van der Waals surface area contributed by atoms with Crippen LogP contribution in [0.3, 0.4) is 0 Å². The molecule has 1 aromatic heterocycles. The van der Waals surface area contributed by atoms with Gasteiger partial charge in [-0.2, -0.15) is 18.3 Å². The minimum Gasteiger partial charge on any atom is -0.493 e. The summed E-state index contributed by atoms with van der Waals surface area (Å²) < 4.78 is 49.2. The monoisotopic (exact) mass is 382 g/mol. The molecule has 0 bridgehead atoms. The van der Waals surface area contributed by atoms with Crippen LogP contribution in [-0.4, -0.2) is 29.5 Å². The highest BCUT2D eigenvalue weighted by Gasteiger charge is 2.32. The Balaban J connectivity index is 2.55. The fourth-order valence-electron chi connectivity index (χ4n) is 1.91. The van der Waals surface area contributed by atoms with E-state index >= 15 is 0 Å². The molecule has 0 unspecified atom stereocenters. The second-order valence-electron chi connectivity index (χ2n) is 4.50. The topological polar surface area (TPSA) is 53.3 Å². The molecule has 130 valence electrons. The zero-order valence-corrected chi connectivity index (χ0v) is 14.0. The lowest BCUT2D eigenvalue weighted by Gasteiger charge is -2.12. The molecule has 1 aromatic carbocycles. The van der Waals surface area contributed by atoms with Crippen molar-refractivity contribution >= 4 is 29.2 Å². The minimum atomic E-state index is -4.59. The zero-order chi connectivity index (χ0) is 18.1. The molecular weight excluding hydrogens is 372 g/mol. The Hall–Kier alpha value is -1.93. The Morgan fingerprint density at radius 1 is 1.29 bits per heavy atom. The smallest absolute Gasteiger partial charge is 0.416 e. The number of rotatable bonds is 4. The van der Waals surface area contributed by atoms with Crippen molar-refractivity contribution in [1.82, 2.24) is 9.78 Å². The highest BCUT2D eigenvalue weighted by molar-refractivity contribution is 6.37. The Bertz CT molecular complexity index is 752. The summed E-state index contributed by atoms with van der Waals surface area (Å²) in [5.41, 5.74) is -1.16. The molecule has 2 aromatic rings. The first kappa shape index (κ1) is 18.4. The molecule has 0 fully saturated rings. The van der Waals surface area contributed by atoms with Crippen molar-refractivity contribution < 1.29 is 27.4 Å². The van der Waals surface area contributed by atoms with E-state index in [2.05, 4.69) is 5.10 Å². The van der Waals surface area contributed by atoms with E-state index in [1.807, 2.05) is 0 Å². The average Bonchev–Trinajstić information content (AvgIpc) is 2.89. The summed E-state index contributed by atoms with van der Waals surface area (Å²) in [6.45, 7) is 1.74. The molecule has 0 saturated heterocycles. The molecule has 0 radical (unpaired) electrons. The van der Waals surface area contributed by atoms with Crippen molar-refractivity contribution in [3.63, 3.8) is 0 Å². The van der Waals surface area contributed by atoms with Gasteiger partial charge in [-0.3, -0.25) is 0 Å². The molecular formula is C14H11Cl2F3N2O3. The van der Waals surface area contributed by atoms with Gasteiger partial charge in [-0.25, -0.2) is 9.48 Å². The second-order valence-corrected chi connectivity index (χ2v) is 5.31. The number of methoxy groups -OCH3 is 1. The Kier molecular flexibility index (Phi) is 5.29. The Morgan fingerprint density at radius 3 is 2.33 bits per heavy atom. The van der Waals surface area contributed by atoms with E-state index in [9.17, 15) is 18.0 Å². The average molecular weight is 383 g/mol. The van der Waals surface area contributed by atoms with E-state index < -0.39 is 17.7 Å². The number of aromatic nitrogens is 2. The first-order valence-corrected chi connectivity index (χ1v) is 7.32. The van der Waals surface area contributed by atoms with E-state index in [-0.39, 0.29) is 33.8 Å². The van der Waals surface area contributed by atoms with Crippen molar-refractivity contribution in [3.8, 4) is 11.4 Å². The third-order valence-corrected chi connectivity index (χ3v) is 3.52. The van der Waals surface area contributed by atoms with Crippen LogP contribution in [0, 0.1) is 0 Å². The van der Waals surface area contributed by atoms with Crippen LogP contribution in [0.1, 0.15) is 23.0 Å². The van der Waals surface area contributed by atoms with Gasteiger partial charge in [0.05, 0.1) is 35.5 Å². The third kappa shape index (κ3) is 3.59. The lowest BCUT2D eigenvalue weighted by molar-refractivity contribution is -0.137. The first-order chi connectivity index (χ1) is 11.2. The Labute approximate surface area is 144 Å². The predicted molar refractivity (Wildman–Crippen MR) is 81.1 cm³/mol. The van der Waals surface area contributed by atoms with Gasteiger partial charge >= 0.3 is 12.1 Å². The standard InChI is InChI=1S/C14H11Cl2F3N2O3/c1-3-24-13(22)11-10(23-2)6-21(20-11)12-8(15)4-7(5-9(12)16)14(17,18)19/h4-6H,3H2,1-2H3. The van der Waals surface area contributed by atoms with Gasteiger partial charge in [0, 0.05) is 0 Å². The second kappa shape index (κ2) is 6.90. The summed E-state index contributed by atoms with van der Waals surface area (Å²) in [5, 5.41) is 3.39.